The van der Waals surface area contributed by atoms with Gasteiger partial charge in [0.15, 0.2) is 0 Å². The molecule has 1 atom stereocenters. The highest BCUT2D eigenvalue weighted by Gasteiger charge is 2.19. The number of aryl methyl sites for hydroxylation is 1. The highest BCUT2D eigenvalue weighted by Crippen LogP contribution is 1.98. The molecule has 8 heteroatoms. The van der Waals surface area contributed by atoms with Crippen LogP contribution in [0.25, 0.3) is 0 Å². The number of sulfonamides is 1. The molecular formula is C11H23N5O2S. The van der Waals surface area contributed by atoms with Gasteiger partial charge in [0.05, 0.1) is 11.4 Å². The second-order valence-electron chi connectivity index (χ2n) is 4.83. The fourth-order valence-corrected chi connectivity index (χ4v) is 2.49. The number of nitrogens with one attached hydrogen (secondary N) is 2. The number of nitrogens with zero attached hydrogens (tertiary/aromatic N) is 3. The van der Waals surface area contributed by atoms with Crippen LogP contribution in [0, 0.1) is 0 Å². The van der Waals surface area contributed by atoms with Gasteiger partial charge in [-0.25, -0.2) is 13.1 Å². The SMILES string of the molecule is CC(C)NCC(C)S(=O)(=O)NCCCn1ccnn1. The molecule has 0 bridgehead atoms. The van der Waals surface area contributed by atoms with Gasteiger partial charge >= 0.3 is 0 Å². The third-order valence-electron chi connectivity index (χ3n) is 2.68. The summed E-state index contributed by atoms with van der Waals surface area (Å²) in [5.41, 5.74) is 0. The molecule has 1 heterocycles. The summed E-state index contributed by atoms with van der Waals surface area (Å²) < 4.78 is 28.1. The van der Waals surface area contributed by atoms with E-state index in [-0.39, 0.29) is 6.04 Å². The summed E-state index contributed by atoms with van der Waals surface area (Å²) in [7, 11) is -3.25. The van der Waals surface area contributed by atoms with Gasteiger partial charge in [-0.1, -0.05) is 19.1 Å². The highest BCUT2D eigenvalue weighted by molar-refractivity contribution is 7.90. The molecule has 2 N–H and O–H groups in total. The lowest BCUT2D eigenvalue weighted by Gasteiger charge is -2.16. The second-order valence-corrected chi connectivity index (χ2v) is 7.02. The third-order valence-corrected chi connectivity index (χ3v) is 4.52. The first-order chi connectivity index (χ1) is 8.92. The average molecular weight is 289 g/mol. The van der Waals surface area contributed by atoms with Crippen molar-refractivity contribution >= 4 is 10.0 Å². The van der Waals surface area contributed by atoms with Crippen LogP contribution in [0.3, 0.4) is 0 Å². The fraction of sp³-hybridized carbons (Fsp3) is 0.818. The van der Waals surface area contributed by atoms with Crippen molar-refractivity contribution in [3.05, 3.63) is 12.4 Å². The van der Waals surface area contributed by atoms with Gasteiger partial charge in [-0.2, -0.15) is 0 Å². The van der Waals surface area contributed by atoms with Crippen LogP contribution in [0.15, 0.2) is 12.4 Å². The summed E-state index contributed by atoms with van der Waals surface area (Å²) in [6.07, 6.45) is 4.04. The number of hydrogen-bond acceptors (Lipinski definition) is 5. The molecule has 0 radical (unpaired) electrons. The van der Waals surface area contributed by atoms with E-state index in [2.05, 4.69) is 20.4 Å². The van der Waals surface area contributed by atoms with Gasteiger partial charge in [0, 0.05) is 31.9 Å². The van der Waals surface area contributed by atoms with Gasteiger partial charge in [0.2, 0.25) is 10.0 Å². The molecule has 0 fully saturated rings. The van der Waals surface area contributed by atoms with E-state index in [1.165, 1.54) is 0 Å². The van der Waals surface area contributed by atoms with Crippen LogP contribution in [0.5, 0.6) is 0 Å². The van der Waals surface area contributed by atoms with Gasteiger partial charge < -0.3 is 5.32 Å². The molecular weight excluding hydrogens is 266 g/mol. The van der Waals surface area contributed by atoms with Crippen LogP contribution in [0.1, 0.15) is 27.2 Å². The number of rotatable bonds is 9. The minimum atomic E-state index is -3.25. The molecule has 1 aromatic heterocycles. The van der Waals surface area contributed by atoms with Gasteiger partial charge in [-0.15, -0.1) is 5.10 Å². The van der Waals surface area contributed by atoms with Crippen molar-refractivity contribution in [2.45, 2.75) is 45.0 Å². The molecule has 0 saturated carbocycles. The standard InChI is InChI=1S/C11H23N5O2S/c1-10(2)12-9-11(3)19(17,18)14-5-4-7-16-8-6-13-15-16/h6,8,10-12,14H,4-5,7,9H2,1-3H3. The van der Waals surface area contributed by atoms with Crippen LogP contribution in [-0.4, -0.2) is 47.8 Å². The van der Waals surface area contributed by atoms with E-state index in [1.807, 2.05) is 13.8 Å². The molecule has 0 aromatic carbocycles. The lowest BCUT2D eigenvalue weighted by Crippen LogP contribution is -2.41. The Morgan fingerprint density at radius 2 is 2.05 bits per heavy atom. The van der Waals surface area contributed by atoms with Crippen molar-refractivity contribution < 1.29 is 8.42 Å². The predicted octanol–water partition coefficient (Wildman–Crippen LogP) is -0.0259. The van der Waals surface area contributed by atoms with Crippen LogP contribution in [0.2, 0.25) is 0 Å². The van der Waals surface area contributed by atoms with Crippen LogP contribution >= 0.6 is 0 Å². The zero-order valence-corrected chi connectivity index (χ0v) is 12.5. The van der Waals surface area contributed by atoms with Crippen LogP contribution < -0.4 is 10.0 Å². The third kappa shape index (κ3) is 6.13. The van der Waals surface area contributed by atoms with E-state index in [0.29, 0.717) is 26.1 Å². The topological polar surface area (TPSA) is 88.9 Å². The first-order valence-corrected chi connectivity index (χ1v) is 8.02. The molecule has 110 valence electrons. The Morgan fingerprint density at radius 1 is 1.32 bits per heavy atom. The zero-order valence-electron chi connectivity index (χ0n) is 11.7. The largest absolute Gasteiger partial charge is 0.313 e. The smallest absolute Gasteiger partial charge is 0.215 e. The van der Waals surface area contributed by atoms with Crippen LogP contribution in [-0.2, 0) is 16.6 Å². The summed E-state index contributed by atoms with van der Waals surface area (Å²) in [4.78, 5) is 0. The quantitative estimate of drug-likeness (QED) is 0.623. The van der Waals surface area contributed by atoms with Gasteiger partial charge in [-0.05, 0) is 13.3 Å². The van der Waals surface area contributed by atoms with Crippen molar-refractivity contribution in [3.8, 4) is 0 Å². The van der Waals surface area contributed by atoms with Crippen molar-refractivity contribution in [2.75, 3.05) is 13.1 Å². The van der Waals surface area contributed by atoms with E-state index in [4.69, 9.17) is 0 Å². The Balaban J connectivity index is 2.26. The van der Waals surface area contributed by atoms with E-state index < -0.39 is 15.3 Å². The second kappa shape index (κ2) is 7.56. The lowest BCUT2D eigenvalue weighted by molar-refractivity contribution is 0.526. The molecule has 0 aliphatic rings. The highest BCUT2D eigenvalue weighted by atomic mass is 32.2. The normalized spacial score (nSPS) is 13.9. The Bertz CT molecular complexity index is 444. The lowest BCUT2D eigenvalue weighted by atomic mass is 10.3. The molecule has 1 rings (SSSR count). The van der Waals surface area contributed by atoms with Crippen molar-refractivity contribution in [1.29, 1.82) is 0 Å². The van der Waals surface area contributed by atoms with E-state index >= 15 is 0 Å². The van der Waals surface area contributed by atoms with E-state index in [9.17, 15) is 8.42 Å². The molecule has 0 saturated heterocycles. The van der Waals surface area contributed by atoms with E-state index in [0.717, 1.165) is 0 Å². The van der Waals surface area contributed by atoms with Gasteiger partial charge in [0.1, 0.15) is 0 Å². The number of aromatic nitrogens is 3. The minimum Gasteiger partial charge on any atom is -0.313 e. The van der Waals surface area contributed by atoms with Crippen molar-refractivity contribution in [2.24, 2.45) is 0 Å². The molecule has 0 aliphatic heterocycles. The maximum atomic E-state index is 11.9. The van der Waals surface area contributed by atoms with Gasteiger partial charge in [0.25, 0.3) is 0 Å². The molecule has 0 amide bonds. The summed E-state index contributed by atoms with van der Waals surface area (Å²) in [5, 5.41) is 10.2. The maximum absolute atomic E-state index is 11.9. The Hall–Kier alpha value is -0.990. The zero-order chi connectivity index (χ0) is 14.3. The Kier molecular flexibility index (Phi) is 6.40. The Morgan fingerprint density at radius 3 is 2.63 bits per heavy atom. The average Bonchev–Trinajstić information content (AvgIpc) is 2.84. The molecule has 19 heavy (non-hydrogen) atoms. The van der Waals surface area contributed by atoms with Gasteiger partial charge in [-0.3, -0.25) is 4.68 Å². The molecule has 1 aromatic rings. The van der Waals surface area contributed by atoms with Crippen LogP contribution in [0.4, 0.5) is 0 Å². The fourth-order valence-electron chi connectivity index (χ4n) is 1.46. The molecule has 1 unspecified atom stereocenters. The van der Waals surface area contributed by atoms with E-state index in [1.54, 1.807) is 24.0 Å². The summed E-state index contributed by atoms with van der Waals surface area (Å²) in [6.45, 7) is 7.20. The molecule has 0 aliphatic carbocycles. The van der Waals surface area contributed by atoms with Crippen molar-refractivity contribution in [1.82, 2.24) is 25.0 Å². The first kappa shape index (κ1) is 16.1. The predicted molar refractivity (Wildman–Crippen MR) is 74.2 cm³/mol. The van der Waals surface area contributed by atoms with Crippen molar-refractivity contribution in [3.63, 3.8) is 0 Å². The number of hydrogen-bond donors (Lipinski definition) is 2. The first-order valence-electron chi connectivity index (χ1n) is 6.48. The minimum absolute atomic E-state index is 0.282. The summed E-state index contributed by atoms with van der Waals surface area (Å²) >= 11 is 0. The Labute approximate surface area is 114 Å². The molecule has 0 spiro atoms. The monoisotopic (exact) mass is 289 g/mol. The molecule has 7 nitrogen and oxygen atoms in total. The summed E-state index contributed by atoms with van der Waals surface area (Å²) in [6, 6.07) is 0.282. The summed E-state index contributed by atoms with van der Waals surface area (Å²) in [5.74, 6) is 0. The maximum Gasteiger partial charge on any atom is 0.215 e.